The molecule has 32 heavy (non-hydrogen) atoms. The van der Waals surface area contributed by atoms with Gasteiger partial charge in [-0.2, -0.15) is 13.2 Å². The molecule has 0 bridgehead atoms. The molecule has 0 radical (unpaired) electrons. The summed E-state index contributed by atoms with van der Waals surface area (Å²) in [6.07, 6.45) is -5.00. The number of alkyl halides is 3. The predicted molar refractivity (Wildman–Crippen MR) is 112 cm³/mol. The Bertz CT molecular complexity index is 1090. The van der Waals surface area contributed by atoms with E-state index in [0.29, 0.717) is 17.3 Å². The summed E-state index contributed by atoms with van der Waals surface area (Å²) in [5, 5.41) is 10.8. The van der Waals surface area contributed by atoms with E-state index in [0.717, 1.165) is 17.7 Å². The van der Waals surface area contributed by atoms with E-state index >= 15 is 0 Å². The van der Waals surface area contributed by atoms with Crippen molar-refractivity contribution in [1.29, 1.82) is 0 Å². The molecule has 0 aliphatic rings. The van der Waals surface area contributed by atoms with Crippen LogP contribution in [0.5, 0.6) is 5.75 Å². The number of nitrogens with one attached hydrogen (secondary N) is 1. The number of aromatic nitrogens is 3. The molecule has 0 unspecified atom stereocenters. The monoisotopic (exact) mass is 448 g/mol. The first-order valence-corrected chi connectivity index (χ1v) is 9.71. The Labute approximate surface area is 183 Å². The fourth-order valence-electron chi connectivity index (χ4n) is 2.77. The number of hydrogen-bond acceptors (Lipinski definition) is 5. The minimum absolute atomic E-state index is 0.0525. The van der Waals surface area contributed by atoms with Crippen LogP contribution in [-0.2, 0) is 24.6 Å². The number of rotatable bonds is 5. The van der Waals surface area contributed by atoms with Gasteiger partial charge >= 0.3 is 12.3 Å². The smallest absolute Gasteiger partial charge is 0.416 e. The molecule has 1 amide bonds. The van der Waals surface area contributed by atoms with Gasteiger partial charge in [0.15, 0.2) is 11.6 Å². The molecule has 0 aliphatic carbocycles. The Morgan fingerprint density at radius 1 is 1.06 bits per heavy atom. The summed E-state index contributed by atoms with van der Waals surface area (Å²) in [6, 6.07) is 11.6. The van der Waals surface area contributed by atoms with Crippen LogP contribution in [0.15, 0.2) is 48.5 Å². The number of amides is 1. The predicted octanol–water partition coefficient (Wildman–Crippen LogP) is 5.43. The van der Waals surface area contributed by atoms with Gasteiger partial charge in [0.2, 0.25) is 0 Å². The minimum Gasteiger partial charge on any atom is -0.486 e. The molecule has 0 atom stereocenters. The minimum atomic E-state index is -4.44. The van der Waals surface area contributed by atoms with Gasteiger partial charge in [-0.1, -0.05) is 6.07 Å². The first kappa shape index (κ1) is 23.1. The van der Waals surface area contributed by atoms with Crippen molar-refractivity contribution < 1.29 is 27.4 Å². The molecule has 170 valence electrons. The van der Waals surface area contributed by atoms with Crippen molar-refractivity contribution in [2.75, 3.05) is 5.32 Å². The Morgan fingerprint density at radius 2 is 1.75 bits per heavy atom. The Morgan fingerprint density at radius 3 is 2.38 bits per heavy atom. The number of benzene rings is 2. The summed E-state index contributed by atoms with van der Waals surface area (Å²) in [7, 11) is 1.73. The molecule has 1 heterocycles. The lowest BCUT2D eigenvalue weighted by molar-refractivity contribution is -0.137. The van der Waals surface area contributed by atoms with Gasteiger partial charge in [-0.15, -0.1) is 10.2 Å². The summed E-state index contributed by atoms with van der Waals surface area (Å²) in [5.41, 5.74) is -0.0955. The third-order valence-corrected chi connectivity index (χ3v) is 4.28. The maximum atomic E-state index is 12.8. The van der Waals surface area contributed by atoms with E-state index in [1.54, 1.807) is 56.7 Å². The highest BCUT2D eigenvalue weighted by atomic mass is 19.4. The first-order valence-electron chi connectivity index (χ1n) is 9.71. The molecule has 3 aromatic rings. The van der Waals surface area contributed by atoms with Crippen LogP contribution in [0.4, 0.5) is 23.7 Å². The molecule has 1 N–H and O–H groups in total. The maximum Gasteiger partial charge on any atom is 0.416 e. The van der Waals surface area contributed by atoms with Crippen molar-refractivity contribution >= 4 is 11.8 Å². The van der Waals surface area contributed by atoms with Crippen LogP contribution in [0, 0.1) is 0 Å². The summed E-state index contributed by atoms with van der Waals surface area (Å²) >= 11 is 0. The van der Waals surface area contributed by atoms with E-state index in [9.17, 15) is 18.0 Å². The van der Waals surface area contributed by atoms with Crippen molar-refractivity contribution in [1.82, 2.24) is 14.8 Å². The summed E-state index contributed by atoms with van der Waals surface area (Å²) in [4.78, 5) is 11.9. The maximum absolute atomic E-state index is 12.8. The molecule has 1 aromatic heterocycles. The highest BCUT2D eigenvalue weighted by molar-refractivity contribution is 5.85. The first-order chi connectivity index (χ1) is 14.9. The van der Waals surface area contributed by atoms with Crippen molar-refractivity contribution in [3.63, 3.8) is 0 Å². The molecule has 3 rings (SSSR count). The topological polar surface area (TPSA) is 78.3 Å². The SMILES string of the molecule is Cn1c(COc2cccc(C(F)(F)F)c2)nnc1-c1ccc(NC(=O)OC(C)(C)C)cc1. The third kappa shape index (κ3) is 5.99. The fraction of sp³-hybridized carbons (Fsp3) is 0.318. The van der Waals surface area contributed by atoms with Crippen LogP contribution >= 0.6 is 0 Å². The molecule has 10 heteroatoms. The van der Waals surface area contributed by atoms with Gasteiger partial charge in [0.1, 0.15) is 18.0 Å². The van der Waals surface area contributed by atoms with Gasteiger partial charge in [-0.3, -0.25) is 5.32 Å². The van der Waals surface area contributed by atoms with E-state index in [-0.39, 0.29) is 12.4 Å². The van der Waals surface area contributed by atoms with Gasteiger partial charge in [0.25, 0.3) is 0 Å². The number of carbonyl (C=O) groups is 1. The summed E-state index contributed by atoms with van der Waals surface area (Å²) in [6.45, 7) is 5.28. The number of carbonyl (C=O) groups excluding carboxylic acids is 1. The number of halogens is 3. The largest absolute Gasteiger partial charge is 0.486 e. The zero-order valence-corrected chi connectivity index (χ0v) is 18.0. The zero-order chi connectivity index (χ0) is 23.5. The molecule has 2 aromatic carbocycles. The Kier molecular flexibility index (Phi) is 6.42. The highest BCUT2D eigenvalue weighted by Crippen LogP contribution is 2.31. The van der Waals surface area contributed by atoms with Crippen LogP contribution in [0.2, 0.25) is 0 Å². The molecule has 7 nitrogen and oxygen atoms in total. The van der Waals surface area contributed by atoms with Crippen molar-refractivity contribution in [3.8, 4) is 17.1 Å². The van der Waals surface area contributed by atoms with E-state index in [1.165, 1.54) is 12.1 Å². The standard InChI is InChI=1S/C22H23F3N4O3/c1-21(2,3)32-20(30)26-16-10-8-14(9-11-16)19-28-27-18(29(19)4)13-31-17-7-5-6-15(12-17)22(23,24)25/h5-12H,13H2,1-4H3,(H,26,30). The quantitative estimate of drug-likeness (QED) is 0.563. The molecular weight excluding hydrogens is 425 g/mol. The van der Waals surface area contributed by atoms with Crippen molar-refractivity contribution in [3.05, 3.63) is 59.9 Å². The second-order valence-electron chi connectivity index (χ2n) is 8.02. The van der Waals surface area contributed by atoms with Crippen LogP contribution in [0.1, 0.15) is 32.2 Å². The number of ether oxygens (including phenoxy) is 2. The van der Waals surface area contributed by atoms with Gasteiger partial charge in [-0.25, -0.2) is 4.79 Å². The lowest BCUT2D eigenvalue weighted by Crippen LogP contribution is -2.27. The van der Waals surface area contributed by atoms with E-state index in [2.05, 4.69) is 15.5 Å². The van der Waals surface area contributed by atoms with Gasteiger partial charge in [-0.05, 0) is 63.2 Å². The highest BCUT2D eigenvalue weighted by Gasteiger charge is 2.30. The van der Waals surface area contributed by atoms with E-state index in [1.807, 2.05) is 0 Å². The van der Waals surface area contributed by atoms with Gasteiger partial charge < -0.3 is 14.0 Å². The van der Waals surface area contributed by atoms with E-state index < -0.39 is 23.4 Å². The third-order valence-electron chi connectivity index (χ3n) is 4.28. The Balaban J connectivity index is 1.66. The average Bonchev–Trinajstić information content (AvgIpc) is 3.05. The zero-order valence-electron chi connectivity index (χ0n) is 18.0. The molecule has 0 saturated carbocycles. The lowest BCUT2D eigenvalue weighted by atomic mass is 10.2. The van der Waals surface area contributed by atoms with Crippen LogP contribution in [0.3, 0.4) is 0 Å². The van der Waals surface area contributed by atoms with Crippen LogP contribution in [-0.4, -0.2) is 26.5 Å². The fourth-order valence-corrected chi connectivity index (χ4v) is 2.77. The van der Waals surface area contributed by atoms with Gasteiger partial charge in [0, 0.05) is 18.3 Å². The molecule has 0 fully saturated rings. The van der Waals surface area contributed by atoms with Gasteiger partial charge in [0.05, 0.1) is 5.56 Å². The van der Waals surface area contributed by atoms with Crippen molar-refractivity contribution in [2.24, 2.45) is 7.05 Å². The molecule has 0 saturated heterocycles. The average molecular weight is 448 g/mol. The Hall–Kier alpha value is -3.56. The van der Waals surface area contributed by atoms with Crippen LogP contribution in [0.25, 0.3) is 11.4 Å². The lowest BCUT2D eigenvalue weighted by Gasteiger charge is -2.19. The number of nitrogens with zero attached hydrogens (tertiary/aromatic N) is 3. The number of hydrogen-bond donors (Lipinski definition) is 1. The summed E-state index contributed by atoms with van der Waals surface area (Å²) < 4.78 is 50.9. The van der Waals surface area contributed by atoms with E-state index in [4.69, 9.17) is 9.47 Å². The molecular formula is C22H23F3N4O3. The normalized spacial score (nSPS) is 11.8. The van der Waals surface area contributed by atoms with Crippen LogP contribution < -0.4 is 10.1 Å². The molecule has 0 spiro atoms. The summed E-state index contributed by atoms with van der Waals surface area (Å²) in [5.74, 6) is 1.06. The second-order valence-corrected chi connectivity index (χ2v) is 8.02. The molecule has 0 aliphatic heterocycles. The van der Waals surface area contributed by atoms with Crippen molar-refractivity contribution in [2.45, 2.75) is 39.2 Å². The second kappa shape index (κ2) is 8.89. The number of anilines is 1.